The van der Waals surface area contributed by atoms with Crippen molar-refractivity contribution in [2.24, 2.45) is 0 Å². The standard InChI is InChI=1S/C10H18N4O/c1-7(11-2)9-13-10(15-14-9)8-5-3-4-6-12-8/h7-8,11-12H,3-6H2,1-2H3. The van der Waals surface area contributed by atoms with E-state index in [9.17, 15) is 0 Å². The fourth-order valence-electron chi connectivity index (χ4n) is 1.76. The molecule has 1 aromatic heterocycles. The van der Waals surface area contributed by atoms with Gasteiger partial charge in [-0.2, -0.15) is 4.98 Å². The van der Waals surface area contributed by atoms with Crippen LogP contribution in [-0.4, -0.2) is 23.7 Å². The third-order valence-corrected chi connectivity index (χ3v) is 2.89. The minimum absolute atomic E-state index is 0.145. The predicted molar refractivity (Wildman–Crippen MR) is 56.4 cm³/mol. The van der Waals surface area contributed by atoms with Crippen LogP contribution in [0.3, 0.4) is 0 Å². The summed E-state index contributed by atoms with van der Waals surface area (Å²) < 4.78 is 5.26. The summed E-state index contributed by atoms with van der Waals surface area (Å²) in [7, 11) is 1.89. The van der Waals surface area contributed by atoms with Crippen molar-refractivity contribution in [2.75, 3.05) is 13.6 Å². The van der Waals surface area contributed by atoms with E-state index in [0.717, 1.165) is 24.7 Å². The van der Waals surface area contributed by atoms with E-state index >= 15 is 0 Å². The minimum atomic E-state index is 0.145. The van der Waals surface area contributed by atoms with Crippen LogP contribution in [0.2, 0.25) is 0 Å². The van der Waals surface area contributed by atoms with Crippen molar-refractivity contribution in [1.29, 1.82) is 0 Å². The van der Waals surface area contributed by atoms with Gasteiger partial charge in [-0.3, -0.25) is 0 Å². The summed E-state index contributed by atoms with van der Waals surface area (Å²) in [6, 6.07) is 0.398. The van der Waals surface area contributed by atoms with Crippen LogP contribution in [0, 0.1) is 0 Å². The lowest BCUT2D eigenvalue weighted by Gasteiger charge is -2.19. The molecular formula is C10H18N4O. The van der Waals surface area contributed by atoms with Gasteiger partial charge < -0.3 is 15.2 Å². The Bertz CT molecular complexity index is 306. The van der Waals surface area contributed by atoms with Gasteiger partial charge in [0.05, 0.1) is 12.1 Å². The van der Waals surface area contributed by atoms with Crippen molar-refractivity contribution in [3.05, 3.63) is 11.7 Å². The molecule has 5 nitrogen and oxygen atoms in total. The maximum atomic E-state index is 5.26. The van der Waals surface area contributed by atoms with Crippen LogP contribution in [0.15, 0.2) is 4.52 Å². The van der Waals surface area contributed by atoms with Crippen LogP contribution >= 0.6 is 0 Å². The van der Waals surface area contributed by atoms with E-state index in [-0.39, 0.29) is 12.1 Å². The van der Waals surface area contributed by atoms with Gasteiger partial charge in [-0.25, -0.2) is 0 Å². The zero-order valence-electron chi connectivity index (χ0n) is 9.29. The summed E-state index contributed by atoms with van der Waals surface area (Å²) in [5, 5.41) is 10.5. The average Bonchev–Trinajstić information content (AvgIpc) is 2.78. The summed E-state index contributed by atoms with van der Waals surface area (Å²) in [5.74, 6) is 1.46. The van der Waals surface area contributed by atoms with Crippen molar-refractivity contribution in [3.63, 3.8) is 0 Å². The minimum Gasteiger partial charge on any atom is -0.338 e. The van der Waals surface area contributed by atoms with Gasteiger partial charge in [0.15, 0.2) is 5.82 Å². The molecule has 5 heteroatoms. The molecule has 2 N–H and O–H groups in total. The fraction of sp³-hybridized carbons (Fsp3) is 0.800. The Morgan fingerprint density at radius 3 is 3.07 bits per heavy atom. The number of hydrogen-bond acceptors (Lipinski definition) is 5. The number of nitrogens with zero attached hydrogens (tertiary/aromatic N) is 2. The third kappa shape index (κ3) is 2.35. The first-order chi connectivity index (χ1) is 7.31. The highest BCUT2D eigenvalue weighted by Gasteiger charge is 2.21. The summed E-state index contributed by atoms with van der Waals surface area (Å²) in [4.78, 5) is 4.40. The second kappa shape index (κ2) is 4.72. The Balaban J connectivity index is 2.05. The van der Waals surface area contributed by atoms with Crippen molar-refractivity contribution >= 4 is 0 Å². The van der Waals surface area contributed by atoms with Gasteiger partial charge in [0.1, 0.15) is 0 Å². The van der Waals surface area contributed by atoms with Crippen molar-refractivity contribution in [2.45, 2.75) is 38.3 Å². The average molecular weight is 210 g/mol. The van der Waals surface area contributed by atoms with Crippen LogP contribution in [0.1, 0.15) is 50.0 Å². The van der Waals surface area contributed by atoms with Crippen LogP contribution in [0.5, 0.6) is 0 Å². The van der Waals surface area contributed by atoms with E-state index in [4.69, 9.17) is 4.52 Å². The molecule has 2 unspecified atom stereocenters. The molecule has 1 fully saturated rings. The lowest BCUT2D eigenvalue weighted by atomic mass is 10.1. The number of hydrogen-bond donors (Lipinski definition) is 2. The van der Waals surface area contributed by atoms with Gasteiger partial charge in [0.25, 0.3) is 0 Å². The van der Waals surface area contributed by atoms with Crippen LogP contribution in [-0.2, 0) is 0 Å². The number of nitrogens with one attached hydrogen (secondary N) is 2. The monoisotopic (exact) mass is 210 g/mol. The van der Waals surface area contributed by atoms with E-state index in [1.807, 2.05) is 14.0 Å². The molecule has 0 aliphatic carbocycles. The molecule has 84 valence electrons. The Kier molecular flexibility index (Phi) is 3.33. The van der Waals surface area contributed by atoms with Crippen molar-refractivity contribution < 1.29 is 4.52 Å². The lowest BCUT2D eigenvalue weighted by Crippen LogP contribution is -2.27. The molecule has 1 aromatic rings. The van der Waals surface area contributed by atoms with Gasteiger partial charge in [0, 0.05) is 0 Å². The topological polar surface area (TPSA) is 63.0 Å². The largest absolute Gasteiger partial charge is 0.338 e. The van der Waals surface area contributed by atoms with Gasteiger partial charge in [0.2, 0.25) is 5.89 Å². The first-order valence-electron chi connectivity index (χ1n) is 5.55. The fourth-order valence-corrected chi connectivity index (χ4v) is 1.76. The Hall–Kier alpha value is -0.940. The molecule has 0 radical (unpaired) electrons. The van der Waals surface area contributed by atoms with Crippen LogP contribution in [0.25, 0.3) is 0 Å². The predicted octanol–water partition coefficient (Wildman–Crippen LogP) is 1.16. The highest BCUT2D eigenvalue weighted by atomic mass is 16.5. The van der Waals surface area contributed by atoms with Crippen molar-refractivity contribution in [3.8, 4) is 0 Å². The molecule has 0 bridgehead atoms. The highest BCUT2D eigenvalue weighted by Crippen LogP contribution is 2.22. The van der Waals surface area contributed by atoms with Crippen LogP contribution in [0.4, 0.5) is 0 Å². The summed E-state index contributed by atoms with van der Waals surface area (Å²) >= 11 is 0. The normalized spacial score (nSPS) is 24.0. The molecular weight excluding hydrogens is 192 g/mol. The highest BCUT2D eigenvalue weighted by molar-refractivity contribution is 4.97. The molecule has 1 aliphatic rings. The van der Waals surface area contributed by atoms with E-state index < -0.39 is 0 Å². The zero-order chi connectivity index (χ0) is 10.7. The van der Waals surface area contributed by atoms with Gasteiger partial charge in [-0.05, 0) is 33.4 Å². The van der Waals surface area contributed by atoms with E-state index in [2.05, 4.69) is 20.8 Å². The quantitative estimate of drug-likeness (QED) is 0.784. The first kappa shape index (κ1) is 10.6. The molecule has 0 aromatic carbocycles. The molecule has 1 saturated heterocycles. The van der Waals surface area contributed by atoms with E-state index in [1.165, 1.54) is 12.8 Å². The number of rotatable bonds is 3. The maximum Gasteiger partial charge on any atom is 0.243 e. The summed E-state index contributed by atoms with van der Waals surface area (Å²) in [6.45, 7) is 3.06. The Labute approximate surface area is 89.6 Å². The molecule has 2 heterocycles. The zero-order valence-corrected chi connectivity index (χ0v) is 9.29. The van der Waals surface area contributed by atoms with Gasteiger partial charge >= 0.3 is 0 Å². The molecule has 2 atom stereocenters. The van der Waals surface area contributed by atoms with Gasteiger partial charge in [-0.15, -0.1) is 0 Å². The molecule has 0 saturated carbocycles. The smallest absolute Gasteiger partial charge is 0.243 e. The number of aromatic nitrogens is 2. The van der Waals surface area contributed by atoms with Gasteiger partial charge in [-0.1, -0.05) is 11.6 Å². The molecule has 2 rings (SSSR count). The first-order valence-corrected chi connectivity index (χ1v) is 5.55. The lowest BCUT2D eigenvalue weighted by molar-refractivity contribution is 0.295. The summed E-state index contributed by atoms with van der Waals surface area (Å²) in [6.07, 6.45) is 3.57. The second-order valence-electron chi connectivity index (χ2n) is 4.00. The van der Waals surface area contributed by atoms with Crippen LogP contribution < -0.4 is 10.6 Å². The molecule has 0 spiro atoms. The molecule has 1 aliphatic heterocycles. The van der Waals surface area contributed by atoms with E-state index in [0.29, 0.717) is 0 Å². The van der Waals surface area contributed by atoms with Crippen molar-refractivity contribution in [1.82, 2.24) is 20.8 Å². The maximum absolute atomic E-state index is 5.26. The summed E-state index contributed by atoms with van der Waals surface area (Å²) in [5.41, 5.74) is 0. The SMILES string of the molecule is CNC(C)c1noc(C2CCCCN2)n1. The molecule has 15 heavy (non-hydrogen) atoms. The second-order valence-corrected chi connectivity index (χ2v) is 4.00. The third-order valence-electron chi connectivity index (χ3n) is 2.89. The Morgan fingerprint density at radius 1 is 1.53 bits per heavy atom. The molecule has 0 amide bonds. The Morgan fingerprint density at radius 2 is 2.40 bits per heavy atom. The van der Waals surface area contributed by atoms with E-state index in [1.54, 1.807) is 0 Å². The number of piperidine rings is 1.